The van der Waals surface area contributed by atoms with E-state index in [0.29, 0.717) is 12.1 Å². The van der Waals surface area contributed by atoms with Crippen LogP contribution in [0.5, 0.6) is 0 Å². The summed E-state index contributed by atoms with van der Waals surface area (Å²) in [5.74, 6) is 0.206. The first kappa shape index (κ1) is 8.99. The lowest BCUT2D eigenvalue weighted by molar-refractivity contribution is 0.0973. The summed E-state index contributed by atoms with van der Waals surface area (Å²) in [5, 5.41) is 0. The van der Waals surface area contributed by atoms with Gasteiger partial charge in [-0.05, 0) is 47.1 Å². The highest BCUT2D eigenvalue weighted by molar-refractivity contribution is 14.1. The molecule has 2 N–H and O–H groups in total. The fraction of sp³-hybridized carbons (Fsp3) is 0.300. The maximum atomic E-state index is 11.6. The maximum absolute atomic E-state index is 11.6. The molecule has 0 aliphatic heterocycles. The molecule has 13 heavy (non-hydrogen) atoms. The van der Waals surface area contributed by atoms with E-state index in [0.717, 1.165) is 27.5 Å². The zero-order chi connectivity index (χ0) is 9.42. The van der Waals surface area contributed by atoms with Crippen LogP contribution in [0.3, 0.4) is 0 Å². The molecule has 0 saturated carbocycles. The number of rotatable bonds is 0. The minimum atomic E-state index is 0.206. The van der Waals surface area contributed by atoms with Crippen LogP contribution in [0.25, 0.3) is 0 Å². The molecule has 3 heteroatoms. The van der Waals surface area contributed by atoms with Gasteiger partial charge in [0, 0.05) is 15.6 Å². The van der Waals surface area contributed by atoms with Crippen LogP contribution < -0.4 is 5.73 Å². The molecular formula is C10H10INO. The standard InChI is InChI=1S/C10H10INO/c11-7-5-4-6-2-1-3-8(13)9(6)10(7)12/h4-5H,1-3,12H2. The van der Waals surface area contributed by atoms with Crippen LogP contribution in [0.4, 0.5) is 5.69 Å². The Morgan fingerprint density at radius 3 is 2.85 bits per heavy atom. The van der Waals surface area contributed by atoms with E-state index >= 15 is 0 Å². The Hall–Kier alpha value is -0.580. The number of carbonyl (C=O) groups is 1. The number of halogens is 1. The highest BCUT2D eigenvalue weighted by Gasteiger charge is 2.20. The maximum Gasteiger partial charge on any atom is 0.165 e. The SMILES string of the molecule is Nc1c(I)ccc2c1C(=O)CCC2. The van der Waals surface area contributed by atoms with E-state index in [1.165, 1.54) is 0 Å². The van der Waals surface area contributed by atoms with Gasteiger partial charge < -0.3 is 5.73 Å². The molecule has 2 nitrogen and oxygen atoms in total. The van der Waals surface area contributed by atoms with Crippen molar-refractivity contribution in [2.75, 3.05) is 5.73 Å². The molecule has 0 saturated heterocycles. The minimum absolute atomic E-state index is 0.206. The van der Waals surface area contributed by atoms with Crippen molar-refractivity contribution in [2.45, 2.75) is 19.3 Å². The van der Waals surface area contributed by atoms with E-state index in [1.807, 2.05) is 12.1 Å². The lowest BCUT2D eigenvalue weighted by Gasteiger charge is -2.17. The van der Waals surface area contributed by atoms with Crippen molar-refractivity contribution in [3.8, 4) is 0 Å². The molecule has 68 valence electrons. The summed E-state index contributed by atoms with van der Waals surface area (Å²) < 4.78 is 0.978. The molecule has 1 aliphatic rings. The predicted molar refractivity (Wildman–Crippen MR) is 60.8 cm³/mol. The Morgan fingerprint density at radius 2 is 2.08 bits per heavy atom. The Balaban J connectivity index is 2.65. The number of nitrogens with two attached hydrogens (primary N) is 1. The van der Waals surface area contributed by atoms with Gasteiger partial charge in [-0.1, -0.05) is 6.07 Å². The van der Waals surface area contributed by atoms with Crippen molar-refractivity contribution < 1.29 is 4.79 Å². The number of nitrogen functional groups attached to an aromatic ring is 1. The molecule has 1 aromatic carbocycles. The zero-order valence-corrected chi connectivity index (χ0v) is 9.30. The third-order valence-corrected chi connectivity index (χ3v) is 3.35. The summed E-state index contributed by atoms with van der Waals surface area (Å²) in [5.41, 5.74) is 8.43. The van der Waals surface area contributed by atoms with Gasteiger partial charge in [0.15, 0.2) is 5.78 Å². The number of Topliss-reactive ketones (excluding diaryl/α,β-unsaturated/α-hetero) is 1. The Kier molecular flexibility index (Phi) is 2.27. The van der Waals surface area contributed by atoms with Crippen LogP contribution in [0, 0.1) is 3.57 Å². The van der Waals surface area contributed by atoms with Gasteiger partial charge >= 0.3 is 0 Å². The van der Waals surface area contributed by atoms with Crippen molar-refractivity contribution in [2.24, 2.45) is 0 Å². The lowest BCUT2D eigenvalue weighted by atomic mass is 9.89. The topological polar surface area (TPSA) is 43.1 Å². The van der Waals surface area contributed by atoms with Gasteiger partial charge in [-0.3, -0.25) is 4.79 Å². The Bertz CT molecular complexity index is 373. The van der Waals surface area contributed by atoms with E-state index in [-0.39, 0.29) is 5.78 Å². The minimum Gasteiger partial charge on any atom is -0.397 e. The fourth-order valence-electron chi connectivity index (χ4n) is 1.74. The second-order valence-electron chi connectivity index (χ2n) is 3.27. The first-order chi connectivity index (χ1) is 6.20. The summed E-state index contributed by atoms with van der Waals surface area (Å²) >= 11 is 2.16. The fourth-order valence-corrected chi connectivity index (χ4v) is 2.19. The summed E-state index contributed by atoms with van der Waals surface area (Å²) in [6, 6.07) is 4.00. The molecule has 0 spiro atoms. The van der Waals surface area contributed by atoms with E-state index < -0.39 is 0 Å². The van der Waals surface area contributed by atoms with E-state index in [9.17, 15) is 4.79 Å². The molecule has 0 heterocycles. The highest BCUT2D eigenvalue weighted by Crippen LogP contribution is 2.29. The monoisotopic (exact) mass is 287 g/mol. The summed E-state index contributed by atoms with van der Waals surface area (Å²) in [6.07, 6.45) is 2.60. The van der Waals surface area contributed by atoms with Gasteiger partial charge in [-0.25, -0.2) is 0 Å². The number of hydrogen-bond acceptors (Lipinski definition) is 2. The first-order valence-corrected chi connectivity index (χ1v) is 5.38. The number of aryl methyl sites for hydroxylation is 1. The van der Waals surface area contributed by atoms with Gasteiger partial charge in [0.25, 0.3) is 0 Å². The number of benzene rings is 1. The average molecular weight is 287 g/mol. The molecular weight excluding hydrogens is 277 g/mol. The van der Waals surface area contributed by atoms with Crippen LogP contribution in [0.2, 0.25) is 0 Å². The zero-order valence-electron chi connectivity index (χ0n) is 7.14. The molecule has 0 bridgehead atoms. The number of ketones is 1. The largest absolute Gasteiger partial charge is 0.397 e. The van der Waals surface area contributed by atoms with Crippen molar-refractivity contribution in [1.82, 2.24) is 0 Å². The number of hydrogen-bond donors (Lipinski definition) is 1. The van der Waals surface area contributed by atoms with Crippen LogP contribution in [0.15, 0.2) is 12.1 Å². The molecule has 1 aliphatic carbocycles. The molecule has 0 amide bonds. The summed E-state index contributed by atoms with van der Waals surface area (Å²) in [4.78, 5) is 11.6. The smallest absolute Gasteiger partial charge is 0.165 e. The normalized spacial score (nSPS) is 15.6. The van der Waals surface area contributed by atoms with Gasteiger partial charge in [-0.15, -0.1) is 0 Å². The number of fused-ring (bicyclic) bond motifs is 1. The van der Waals surface area contributed by atoms with Crippen molar-refractivity contribution in [3.63, 3.8) is 0 Å². The van der Waals surface area contributed by atoms with Crippen molar-refractivity contribution in [3.05, 3.63) is 26.8 Å². The van der Waals surface area contributed by atoms with E-state index in [1.54, 1.807) is 0 Å². The molecule has 0 radical (unpaired) electrons. The second kappa shape index (κ2) is 3.29. The second-order valence-corrected chi connectivity index (χ2v) is 4.43. The van der Waals surface area contributed by atoms with Gasteiger partial charge in [0.1, 0.15) is 0 Å². The lowest BCUT2D eigenvalue weighted by Crippen LogP contribution is -2.14. The Morgan fingerprint density at radius 1 is 1.31 bits per heavy atom. The van der Waals surface area contributed by atoms with E-state index in [2.05, 4.69) is 22.6 Å². The van der Waals surface area contributed by atoms with E-state index in [4.69, 9.17) is 5.73 Å². The van der Waals surface area contributed by atoms with Gasteiger partial charge in [0.05, 0.1) is 5.69 Å². The van der Waals surface area contributed by atoms with Crippen molar-refractivity contribution >= 4 is 34.1 Å². The first-order valence-electron chi connectivity index (χ1n) is 4.30. The third kappa shape index (κ3) is 1.45. The molecule has 1 aromatic rings. The summed E-state index contributed by atoms with van der Waals surface area (Å²) in [7, 11) is 0. The van der Waals surface area contributed by atoms with Crippen LogP contribution in [-0.2, 0) is 6.42 Å². The van der Waals surface area contributed by atoms with Gasteiger partial charge in [-0.2, -0.15) is 0 Å². The predicted octanol–water partition coefficient (Wildman–Crippen LogP) is 2.39. The Labute approximate surface area is 90.6 Å². The molecule has 0 atom stereocenters. The van der Waals surface area contributed by atoms with Crippen LogP contribution >= 0.6 is 22.6 Å². The highest BCUT2D eigenvalue weighted by atomic mass is 127. The molecule has 0 fully saturated rings. The third-order valence-electron chi connectivity index (χ3n) is 2.41. The number of anilines is 1. The summed E-state index contributed by atoms with van der Waals surface area (Å²) in [6.45, 7) is 0. The van der Waals surface area contributed by atoms with Gasteiger partial charge in [0.2, 0.25) is 0 Å². The molecule has 0 aromatic heterocycles. The quantitative estimate of drug-likeness (QED) is 0.588. The van der Waals surface area contributed by atoms with Crippen molar-refractivity contribution in [1.29, 1.82) is 0 Å². The van der Waals surface area contributed by atoms with Crippen LogP contribution in [0.1, 0.15) is 28.8 Å². The van der Waals surface area contributed by atoms with Crippen LogP contribution in [-0.4, -0.2) is 5.78 Å². The molecule has 2 rings (SSSR count). The molecule has 0 unspecified atom stereocenters. The number of carbonyl (C=O) groups excluding carboxylic acids is 1. The average Bonchev–Trinajstić information content (AvgIpc) is 2.12.